The van der Waals surface area contributed by atoms with Crippen LogP contribution in [0.3, 0.4) is 0 Å². The van der Waals surface area contributed by atoms with Crippen LogP contribution in [-0.2, 0) is 9.63 Å². The summed E-state index contributed by atoms with van der Waals surface area (Å²) in [6.07, 6.45) is 2.77. The van der Waals surface area contributed by atoms with Gasteiger partial charge in [0.1, 0.15) is 11.8 Å². The number of nitrogens with zero attached hydrogens (tertiary/aromatic N) is 1. The number of hydrogen-bond acceptors (Lipinski definition) is 5. The number of benzene rings is 1. The third-order valence-electron chi connectivity index (χ3n) is 2.88. The van der Waals surface area contributed by atoms with Gasteiger partial charge in [0, 0.05) is 0 Å². The van der Waals surface area contributed by atoms with Crippen LogP contribution in [0, 0.1) is 0 Å². The molecule has 0 bridgehead atoms. The second-order valence-electron chi connectivity index (χ2n) is 4.13. The van der Waals surface area contributed by atoms with Crippen molar-refractivity contribution in [3.05, 3.63) is 51.9 Å². The Morgan fingerprint density at radius 1 is 1.21 bits per heavy atom. The van der Waals surface area contributed by atoms with Crippen LogP contribution in [0.25, 0.3) is 17.0 Å². The molecule has 1 aromatic heterocycles. The highest BCUT2D eigenvalue weighted by Crippen LogP contribution is 2.16. The standard InChI is InChI=1S/C14H9NO4/c1-8-11(14(17)19-15-8)6-9-7-18-12-5-3-2-4-10(12)13(9)16/h2-7H,1H3/b11-6+. The SMILES string of the molecule is CC1=NOC(=O)/C1=C/c1coc2ccccc2c1=O. The smallest absolute Gasteiger partial charge is 0.367 e. The first kappa shape index (κ1) is 11.4. The van der Waals surface area contributed by atoms with E-state index in [2.05, 4.69) is 9.99 Å². The molecule has 0 spiro atoms. The molecule has 0 saturated heterocycles. The van der Waals surface area contributed by atoms with Crippen molar-refractivity contribution in [2.45, 2.75) is 6.92 Å². The highest BCUT2D eigenvalue weighted by Gasteiger charge is 2.22. The molecule has 19 heavy (non-hydrogen) atoms. The van der Waals surface area contributed by atoms with Crippen LogP contribution in [0.4, 0.5) is 0 Å². The highest BCUT2D eigenvalue weighted by atomic mass is 16.7. The molecule has 0 unspecified atom stereocenters. The maximum atomic E-state index is 12.2. The summed E-state index contributed by atoms with van der Waals surface area (Å²) in [5.41, 5.74) is 1.32. The van der Waals surface area contributed by atoms with E-state index in [1.54, 1.807) is 31.2 Å². The van der Waals surface area contributed by atoms with Crippen LogP contribution in [0.5, 0.6) is 0 Å². The minimum Gasteiger partial charge on any atom is -0.463 e. The predicted molar refractivity (Wildman–Crippen MR) is 69.7 cm³/mol. The summed E-state index contributed by atoms with van der Waals surface area (Å²) in [7, 11) is 0. The number of para-hydroxylation sites is 1. The number of hydrogen-bond donors (Lipinski definition) is 0. The molecule has 3 rings (SSSR count). The Kier molecular flexibility index (Phi) is 2.52. The first-order valence-electron chi connectivity index (χ1n) is 5.65. The van der Waals surface area contributed by atoms with Gasteiger partial charge in [0.2, 0.25) is 0 Å². The van der Waals surface area contributed by atoms with Gasteiger partial charge in [-0.05, 0) is 25.1 Å². The van der Waals surface area contributed by atoms with Gasteiger partial charge >= 0.3 is 5.97 Å². The lowest BCUT2D eigenvalue weighted by molar-refractivity contribution is -0.136. The number of rotatable bonds is 1. The lowest BCUT2D eigenvalue weighted by Crippen LogP contribution is -2.08. The highest BCUT2D eigenvalue weighted by molar-refractivity contribution is 6.24. The molecular formula is C14H9NO4. The molecular weight excluding hydrogens is 246 g/mol. The van der Waals surface area contributed by atoms with Crippen molar-refractivity contribution < 1.29 is 14.0 Å². The first-order valence-corrected chi connectivity index (χ1v) is 5.65. The molecule has 2 heterocycles. The summed E-state index contributed by atoms with van der Waals surface area (Å²) in [6, 6.07) is 6.93. The Morgan fingerprint density at radius 2 is 2.00 bits per heavy atom. The summed E-state index contributed by atoms with van der Waals surface area (Å²) in [5, 5.41) is 4.02. The molecule has 0 atom stereocenters. The number of carbonyl (C=O) groups excluding carboxylic acids is 1. The van der Waals surface area contributed by atoms with E-state index in [4.69, 9.17) is 4.42 Å². The zero-order valence-electron chi connectivity index (χ0n) is 10.0. The first-order chi connectivity index (χ1) is 9.16. The van der Waals surface area contributed by atoms with Crippen molar-refractivity contribution >= 4 is 28.7 Å². The van der Waals surface area contributed by atoms with Crippen molar-refractivity contribution in [3.8, 4) is 0 Å². The summed E-state index contributed by atoms with van der Waals surface area (Å²) in [5.74, 6) is -0.565. The van der Waals surface area contributed by atoms with Gasteiger partial charge in [-0.1, -0.05) is 17.3 Å². The minimum atomic E-state index is -0.565. The van der Waals surface area contributed by atoms with Crippen molar-refractivity contribution in [1.82, 2.24) is 0 Å². The Morgan fingerprint density at radius 3 is 2.74 bits per heavy atom. The van der Waals surface area contributed by atoms with Crippen LogP contribution in [0.15, 0.2) is 50.5 Å². The third-order valence-corrected chi connectivity index (χ3v) is 2.88. The molecule has 0 fully saturated rings. The third kappa shape index (κ3) is 1.85. The average molecular weight is 255 g/mol. The zero-order chi connectivity index (χ0) is 13.4. The monoisotopic (exact) mass is 255 g/mol. The fourth-order valence-electron chi connectivity index (χ4n) is 1.87. The van der Waals surface area contributed by atoms with Crippen molar-refractivity contribution in [2.24, 2.45) is 5.16 Å². The Labute approximate surface area is 107 Å². The molecule has 5 heteroatoms. The largest absolute Gasteiger partial charge is 0.463 e. The van der Waals surface area contributed by atoms with Crippen LogP contribution in [0.2, 0.25) is 0 Å². The average Bonchev–Trinajstić information content (AvgIpc) is 2.74. The molecule has 0 amide bonds. The van der Waals surface area contributed by atoms with Gasteiger partial charge in [-0.25, -0.2) is 4.79 Å². The van der Waals surface area contributed by atoms with E-state index in [9.17, 15) is 9.59 Å². The Hall–Kier alpha value is -2.69. The van der Waals surface area contributed by atoms with E-state index < -0.39 is 5.97 Å². The van der Waals surface area contributed by atoms with E-state index in [0.29, 0.717) is 22.2 Å². The molecule has 0 N–H and O–H groups in total. The molecule has 94 valence electrons. The molecule has 0 radical (unpaired) electrons. The van der Waals surface area contributed by atoms with E-state index >= 15 is 0 Å². The van der Waals surface area contributed by atoms with Gasteiger partial charge in [0.15, 0.2) is 5.43 Å². The Bertz CT molecular complexity index is 798. The fourth-order valence-corrected chi connectivity index (χ4v) is 1.87. The summed E-state index contributed by atoms with van der Waals surface area (Å²) in [6.45, 7) is 1.64. The van der Waals surface area contributed by atoms with Gasteiger partial charge in [-0.2, -0.15) is 0 Å². The van der Waals surface area contributed by atoms with Crippen LogP contribution in [-0.4, -0.2) is 11.7 Å². The molecule has 0 saturated carbocycles. The maximum Gasteiger partial charge on any atom is 0.367 e. The lowest BCUT2D eigenvalue weighted by atomic mass is 10.1. The quantitative estimate of drug-likeness (QED) is 0.578. The minimum absolute atomic E-state index is 0.193. The van der Waals surface area contributed by atoms with Gasteiger partial charge in [-0.3, -0.25) is 4.79 Å². The van der Waals surface area contributed by atoms with E-state index in [1.165, 1.54) is 12.3 Å². The van der Waals surface area contributed by atoms with Gasteiger partial charge in [-0.15, -0.1) is 0 Å². The van der Waals surface area contributed by atoms with Crippen LogP contribution >= 0.6 is 0 Å². The second-order valence-corrected chi connectivity index (χ2v) is 4.13. The van der Waals surface area contributed by atoms with Crippen molar-refractivity contribution in [2.75, 3.05) is 0 Å². The molecule has 2 aromatic rings. The normalized spacial score (nSPS) is 16.8. The maximum absolute atomic E-state index is 12.2. The summed E-state index contributed by atoms with van der Waals surface area (Å²) >= 11 is 0. The molecule has 5 nitrogen and oxygen atoms in total. The topological polar surface area (TPSA) is 68.9 Å². The van der Waals surface area contributed by atoms with Crippen LogP contribution in [0.1, 0.15) is 12.5 Å². The number of carbonyl (C=O) groups is 1. The van der Waals surface area contributed by atoms with Crippen molar-refractivity contribution in [1.29, 1.82) is 0 Å². The summed E-state index contributed by atoms with van der Waals surface area (Å²) < 4.78 is 5.37. The number of oxime groups is 1. The van der Waals surface area contributed by atoms with Crippen molar-refractivity contribution in [3.63, 3.8) is 0 Å². The molecule has 1 aliphatic heterocycles. The van der Waals surface area contributed by atoms with E-state index in [-0.39, 0.29) is 11.0 Å². The van der Waals surface area contributed by atoms with E-state index in [1.807, 2.05) is 0 Å². The zero-order valence-corrected chi connectivity index (χ0v) is 10.0. The molecule has 0 aliphatic carbocycles. The van der Waals surface area contributed by atoms with Gasteiger partial charge in [0.25, 0.3) is 0 Å². The summed E-state index contributed by atoms with van der Waals surface area (Å²) in [4.78, 5) is 28.2. The van der Waals surface area contributed by atoms with Crippen LogP contribution < -0.4 is 5.43 Å². The van der Waals surface area contributed by atoms with Gasteiger partial charge < -0.3 is 9.25 Å². The number of fused-ring (bicyclic) bond motifs is 1. The second kappa shape index (κ2) is 4.20. The molecule has 1 aliphatic rings. The molecule has 1 aromatic carbocycles. The fraction of sp³-hybridized carbons (Fsp3) is 0.0714. The van der Waals surface area contributed by atoms with E-state index in [0.717, 1.165) is 0 Å². The predicted octanol–water partition coefficient (Wildman–Crippen LogP) is 2.11. The lowest BCUT2D eigenvalue weighted by Gasteiger charge is -1.98. The Balaban J connectivity index is 2.20. The van der Waals surface area contributed by atoms with Gasteiger partial charge in [0.05, 0.1) is 22.2 Å².